The van der Waals surface area contributed by atoms with Crippen LogP contribution >= 0.6 is 0 Å². The van der Waals surface area contributed by atoms with Gasteiger partial charge in [0, 0.05) is 27.7 Å². The topological polar surface area (TPSA) is 16.4 Å². The summed E-state index contributed by atoms with van der Waals surface area (Å²) in [5, 5.41) is 8.40. The normalized spacial score (nSPS) is 11.5. The Kier molecular flexibility index (Phi) is 6.17. The average molecular weight is 588 g/mol. The second-order valence-electron chi connectivity index (χ2n) is 11.8. The number of fused-ring (bicyclic) bond motifs is 4. The molecule has 0 spiro atoms. The molecule has 0 aliphatic rings. The molecule has 0 aliphatic heterocycles. The molecular formula is C44H29NO. The highest BCUT2D eigenvalue weighted by Gasteiger charge is 2.18. The van der Waals surface area contributed by atoms with E-state index in [-0.39, 0.29) is 0 Å². The van der Waals surface area contributed by atoms with Crippen LogP contribution < -0.4 is 4.90 Å². The van der Waals surface area contributed by atoms with Gasteiger partial charge in [-0.25, -0.2) is 0 Å². The summed E-state index contributed by atoms with van der Waals surface area (Å²) in [6.45, 7) is 0. The predicted molar refractivity (Wildman–Crippen MR) is 194 cm³/mol. The molecule has 9 aromatic rings. The van der Waals surface area contributed by atoms with E-state index in [1.165, 1.54) is 37.9 Å². The van der Waals surface area contributed by atoms with Crippen LogP contribution in [0.5, 0.6) is 0 Å². The summed E-state index contributed by atoms with van der Waals surface area (Å²) in [5.74, 6) is 0.878. The van der Waals surface area contributed by atoms with E-state index >= 15 is 0 Å². The van der Waals surface area contributed by atoms with E-state index in [1.54, 1.807) is 0 Å². The van der Waals surface area contributed by atoms with Crippen molar-refractivity contribution in [2.45, 2.75) is 0 Å². The Bertz CT molecular complexity index is 2450. The van der Waals surface area contributed by atoms with Crippen LogP contribution in [0.3, 0.4) is 0 Å². The fourth-order valence-corrected chi connectivity index (χ4v) is 6.75. The van der Waals surface area contributed by atoms with Crippen molar-refractivity contribution in [1.82, 2.24) is 0 Å². The number of hydrogen-bond acceptors (Lipinski definition) is 2. The van der Waals surface area contributed by atoms with Crippen molar-refractivity contribution < 1.29 is 4.42 Å². The van der Waals surface area contributed by atoms with Gasteiger partial charge in [-0.1, -0.05) is 127 Å². The Labute approximate surface area is 267 Å². The number of anilines is 3. The maximum Gasteiger partial charge on any atom is 0.135 e. The third-order valence-corrected chi connectivity index (χ3v) is 9.01. The monoisotopic (exact) mass is 587 g/mol. The largest absolute Gasteiger partial charge is 0.456 e. The zero-order valence-electron chi connectivity index (χ0n) is 25.1. The third-order valence-electron chi connectivity index (χ3n) is 9.01. The molecule has 0 unspecified atom stereocenters. The van der Waals surface area contributed by atoms with Crippen molar-refractivity contribution in [3.63, 3.8) is 0 Å². The lowest BCUT2D eigenvalue weighted by Crippen LogP contribution is -2.10. The first-order valence-electron chi connectivity index (χ1n) is 15.7. The summed E-state index contributed by atoms with van der Waals surface area (Å²) >= 11 is 0. The van der Waals surface area contributed by atoms with E-state index < -0.39 is 0 Å². The number of nitrogens with zero attached hydrogens (tertiary/aromatic N) is 1. The number of furan rings is 1. The van der Waals surface area contributed by atoms with Gasteiger partial charge in [0.25, 0.3) is 0 Å². The Balaban J connectivity index is 1.23. The van der Waals surface area contributed by atoms with E-state index in [1.807, 2.05) is 18.2 Å². The summed E-state index contributed by atoms with van der Waals surface area (Å²) in [6, 6.07) is 62.9. The molecule has 0 aliphatic carbocycles. The van der Waals surface area contributed by atoms with E-state index in [0.717, 1.165) is 44.9 Å². The Morgan fingerprint density at radius 2 is 0.957 bits per heavy atom. The van der Waals surface area contributed by atoms with Gasteiger partial charge in [-0.3, -0.25) is 0 Å². The summed E-state index contributed by atoms with van der Waals surface area (Å²) in [7, 11) is 0. The van der Waals surface area contributed by atoms with Gasteiger partial charge in [0.1, 0.15) is 11.3 Å². The van der Waals surface area contributed by atoms with Gasteiger partial charge in [-0.15, -0.1) is 0 Å². The summed E-state index contributed by atoms with van der Waals surface area (Å²) in [5.41, 5.74) is 7.70. The molecule has 8 aromatic carbocycles. The van der Waals surface area contributed by atoms with Crippen molar-refractivity contribution in [3.8, 4) is 22.5 Å². The molecule has 0 atom stereocenters. The molecule has 0 amide bonds. The number of rotatable bonds is 5. The van der Waals surface area contributed by atoms with Gasteiger partial charge in [-0.2, -0.15) is 0 Å². The zero-order valence-corrected chi connectivity index (χ0v) is 25.1. The summed E-state index contributed by atoms with van der Waals surface area (Å²) in [6.07, 6.45) is 0. The van der Waals surface area contributed by atoms with Crippen LogP contribution in [0, 0.1) is 0 Å². The Hall–Kier alpha value is -6.12. The molecule has 0 saturated heterocycles. The highest BCUT2D eigenvalue weighted by atomic mass is 16.3. The molecule has 216 valence electrons. The minimum Gasteiger partial charge on any atom is -0.456 e. The molecule has 2 nitrogen and oxygen atoms in total. The first-order chi connectivity index (χ1) is 22.8. The lowest BCUT2D eigenvalue weighted by Gasteiger charge is -2.28. The molecular weight excluding hydrogens is 558 g/mol. The quantitative estimate of drug-likeness (QED) is 0.199. The Morgan fingerprint density at radius 1 is 0.370 bits per heavy atom. The van der Waals surface area contributed by atoms with Crippen LogP contribution in [-0.2, 0) is 0 Å². The zero-order chi connectivity index (χ0) is 30.5. The highest BCUT2D eigenvalue weighted by molar-refractivity contribution is 6.07. The van der Waals surface area contributed by atoms with Gasteiger partial charge in [-0.05, 0) is 86.6 Å². The van der Waals surface area contributed by atoms with E-state index in [9.17, 15) is 0 Å². The van der Waals surface area contributed by atoms with Crippen molar-refractivity contribution in [2.24, 2.45) is 0 Å². The molecule has 1 heterocycles. The van der Waals surface area contributed by atoms with E-state index in [2.05, 4.69) is 163 Å². The van der Waals surface area contributed by atoms with Crippen molar-refractivity contribution in [1.29, 1.82) is 0 Å². The Morgan fingerprint density at radius 3 is 1.65 bits per heavy atom. The van der Waals surface area contributed by atoms with Crippen LogP contribution in [0.1, 0.15) is 0 Å². The predicted octanol–water partition coefficient (Wildman–Crippen LogP) is 12.7. The molecule has 1 aromatic heterocycles. The number of hydrogen-bond donors (Lipinski definition) is 0. The molecule has 46 heavy (non-hydrogen) atoms. The van der Waals surface area contributed by atoms with Crippen LogP contribution in [0.2, 0.25) is 0 Å². The van der Waals surface area contributed by atoms with Gasteiger partial charge in [0.15, 0.2) is 0 Å². The highest BCUT2D eigenvalue weighted by Crippen LogP contribution is 2.43. The molecule has 0 bridgehead atoms. The van der Waals surface area contributed by atoms with Crippen LogP contribution in [-0.4, -0.2) is 0 Å². The third kappa shape index (κ3) is 4.51. The smallest absolute Gasteiger partial charge is 0.135 e. The minimum atomic E-state index is 0.878. The van der Waals surface area contributed by atoms with Crippen LogP contribution in [0.25, 0.3) is 65.7 Å². The van der Waals surface area contributed by atoms with Crippen LogP contribution in [0.15, 0.2) is 180 Å². The SMILES string of the molecule is c1cc(-c2cc3ccccc3o2)cc(-c2ccc(N(c3ccc4ccccc4c3)c3ccc4ccccc4c3)c3ccccc23)c1. The maximum absolute atomic E-state index is 6.24. The molecule has 9 rings (SSSR count). The molecule has 0 N–H and O–H groups in total. The van der Waals surface area contributed by atoms with E-state index in [0.29, 0.717) is 0 Å². The average Bonchev–Trinajstić information content (AvgIpc) is 3.56. The second kappa shape index (κ2) is 10.8. The van der Waals surface area contributed by atoms with Crippen LogP contribution in [0.4, 0.5) is 17.1 Å². The van der Waals surface area contributed by atoms with Gasteiger partial charge < -0.3 is 9.32 Å². The van der Waals surface area contributed by atoms with Crippen molar-refractivity contribution in [3.05, 3.63) is 176 Å². The molecule has 0 radical (unpaired) electrons. The summed E-state index contributed by atoms with van der Waals surface area (Å²) < 4.78 is 6.24. The minimum absolute atomic E-state index is 0.878. The maximum atomic E-state index is 6.24. The first kappa shape index (κ1) is 26.3. The standard InChI is InChI=1S/C44H29NO/c1-3-12-32-27-37(22-20-30(32)10-1)45(38-23-21-31-11-2-4-13-33(31)28-38)42-25-24-39(40-17-6-7-18-41(40)42)34-15-9-16-35(26-34)44-29-36-14-5-8-19-43(36)46-44/h1-29H. The van der Waals surface area contributed by atoms with Crippen molar-refractivity contribution in [2.75, 3.05) is 4.90 Å². The van der Waals surface area contributed by atoms with E-state index in [4.69, 9.17) is 4.42 Å². The molecule has 0 fully saturated rings. The number of benzene rings is 8. The fourth-order valence-electron chi connectivity index (χ4n) is 6.75. The fraction of sp³-hybridized carbons (Fsp3) is 0. The lowest BCUT2D eigenvalue weighted by atomic mass is 9.94. The van der Waals surface area contributed by atoms with Gasteiger partial charge in [0.05, 0.1) is 5.69 Å². The lowest BCUT2D eigenvalue weighted by molar-refractivity contribution is 0.631. The number of para-hydroxylation sites is 1. The second-order valence-corrected chi connectivity index (χ2v) is 11.8. The first-order valence-corrected chi connectivity index (χ1v) is 15.7. The molecule has 0 saturated carbocycles. The van der Waals surface area contributed by atoms with Crippen molar-refractivity contribution >= 4 is 60.3 Å². The summed E-state index contributed by atoms with van der Waals surface area (Å²) in [4.78, 5) is 2.40. The molecule has 2 heteroatoms. The van der Waals surface area contributed by atoms with Gasteiger partial charge >= 0.3 is 0 Å². The van der Waals surface area contributed by atoms with Gasteiger partial charge in [0.2, 0.25) is 0 Å².